The van der Waals surface area contributed by atoms with Crippen LogP contribution in [0.2, 0.25) is 0 Å². The summed E-state index contributed by atoms with van der Waals surface area (Å²) in [6, 6.07) is 9.08. The van der Waals surface area contributed by atoms with E-state index in [2.05, 4.69) is 0 Å². The largest absolute Gasteiger partial charge is 0.394 e. The number of hydrogen-bond acceptors (Lipinski definition) is 4. The van der Waals surface area contributed by atoms with Crippen molar-refractivity contribution in [2.24, 2.45) is 0 Å². The van der Waals surface area contributed by atoms with Crippen LogP contribution in [0.3, 0.4) is 0 Å². The number of Topliss-reactive ketones (excluding diaryl/α,β-unsaturated/α-hetero) is 1. The van der Waals surface area contributed by atoms with Gasteiger partial charge in [-0.05, 0) is 6.92 Å². The molecule has 0 heterocycles. The van der Waals surface area contributed by atoms with E-state index >= 15 is 0 Å². The second-order valence-electron chi connectivity index (χ2n) is 3.54. The van der Waals surface area contributed by atoms with Crippen LogP contribution in [0.1, 0.15) is 17.3 Å². The summed E-state index contributed by atoms with van der Waals surface area (Å²) in [4.78, 5) is 11.9. The number of benzene rings is 1. The van der Waals surface area contributed by atoms with Gasteiger partial charge in [-0.3, -0.25) is 4.79 Å². The molecule has 0 aromatic heterocycles. The summed E-state index contributed by atoms with van der Waals surface area (Å²) in [7, 11) is 0. The van der Waals surface area contributed by atoms with Crippen LogP contribution in [0.4, 0.5) is 0 Å². The first-order chi connectivity index (χ1) is 7.65. The fourth-order valence-electron chi connectivity index (χ4n) is 1.22. The van der Waals surface area contributed by atoms with Gasteiger partial charge in [-0.1, -0.05) is 30.3 Å². The van der Waals surface area contributed by atoms with E-state index in [-0.39, 0.29) is 17.6 Å². The smallest absolute Gasteiger partial charge is 0.175 e. The lowest BCUT2D eigenvalue weighted by Gasteiger charge is -2.12. The van der Waals surface area contributed by atoms with Crippen molar-refractivity contribution in [3.63, 3.8) is 0 Å². The van der Waals surface area contributed by atoms with Gasteiger partial charge in [-0.15, -0.1) is 11.8 Å². The van der Waals surface area contributed by atoms with Crippen LogP contribution in [0.5, 0.6) is 0 Å². The van der Waals surface area contributed by atoms with Crippen molar-refractivity contribution in [2.75, 3.05) is 12.4 Å². The fraction of sp³-hybridized carbons (Fsp3) is 0.417. The first-order valence-electron chi connectivity index (χ1n) is 5.15. The Morgan fingerprint density at radius 1 is 1.38 bits per heavy atom. The Labute approximate surface area is 99.5 Å². The van der Waals surface area contributed by atoms with Gasteiger partial charge in [0.15, 0.2) is 5.78 Å². The summed E-state index contributed by atoms with van der Waals surface area (Å²) in [5.41, 5.74) is 0.681. The molecule has 1 aromatic rings. The minimum absolute atomic E-state index is 0.0516. The van der Waals surface area contributed by atoms with E-state index < -0.39 is 6.10 Å². The molecular weight excluding hydrogens is 224 g/mol. The SMILES string of the molecule is CC(SCC(O)CO)C(=O)c1ccccc1. The Balaban J connectivity index is 2.49. The average Bonchev–Trinajstić information content (AvgIpc) is 2.35. The maximum Gasteiger partial charge on any atom is 0.175 e. The molecule has 88 valence electrons. The number of carbonyl (C=O) groups excluding carboxylic acids is 1. The summed E-state index contributed by atoms with van der Waals surface area (Å²) < 4.78 is 0. The molecule has 1 aromatic carbocycles. The monoisotopic (exact) mass is 240 g/mol. The molecule has 1 rings (SSSR count). The van der Waals surface area contributed by atoms with Crippen molar-refractivity contribution in [1.82, 2.24) is 0 Å². The van der Waals surface area contributed by atoms with Gasteiger partial charge in [0.1, 0.15) is 0 Å². The standard InChI is InChI=1S/C12H16O3S/c1-9(16-8-11(14)7-13)12(15)10-5-3-2-4-6-10/h2-6,9,11,13-14H,7-8H2,1H3. The van der Waals surface area contributed by atoms with Crippen LogP contribution >= 0.6 is 11.8 Å². The van der Waals surface area contributed by atoms with Gasteiger partial charge in [-0.2, -0.15) is 0 Å². The van der Waals surface area contributed by atoms with Gasteiger partial charge < -0.3 is 10.2 Å². The highest BCUT2D eigenvalue weighted by molar-refractivity contribution is 8.00. The van der Waals surface area contributed by atoms with Crippen molar-refractivity contribution in [1.29, 1.82) is 0 Å². The predicted molar refractivity (Wildman–Crippen MR) is 65.8 cm³/mol. The normalized spacial score (nSPS) is 14.4. The number of aliphatic hydroxyl groups excluding tert-OH is 2. The Morgan fingerprint density at radius 3 is 2.56 bits per heavy atom. The minimum Gasteiger partial charge on any atom is -0.394 e. The van der Waals surface area contributed by atoms with Gasteiger partial charge >= 0.3 is 0 Å². The molecule has 4 heteroatoms. The molecule has 0 aliphatic heterocycles. The summed E-state index contributed by atoms with van der Waals surface area (Å²) in [5.74, 6) is 0.423. The van der Waals surface area contributed by atoms with E-state index in [0.29, 0.717) is 11.3 Å². The molecule has 0 bridgehead atoms. The molecular formula is C12H16O3S. The maximum atomic E-state index is 11.9. The molecule has 0 aliphatic carbocycles. The Morgan fingerprint density at radius 2 is 2.00 bits per heavy atom. The van der Waals surface area contributed by atoms with E-state index in [1.807, 2.05) is 25.1 Å². The quantitative estimate of drug-likeness (QED) is 0.737. The van der Waals surface area contributed by atoms with Crippen LogP contribution in [0.25, 0.3) is 0 Å². The van der Waals surface area contributed by atoms with E-state index in [9.17, 15) is 9.90 Å². The van der Waals surface area contributed by atoms with Gasteiger partial charge in [-0.25, -0.2) is 0 Å². The topological polar surface area (TPSA) is 57.5 Å². The third-order valence-corrected chi connectivity index (χ3v) is 3.47. The molecule has 2 unspecified atom stereocenters. The van der Waals surface area contributed by atoms with Crippen LogP contribution in [-0.4, -0.2) is 39.7 Å². The molecule has 0 amide bonds. The first-order valence-corrected chi connectivity index (χ1v) is 6.19. The van der Waals surface area contributed by atoms with Gasteiger partial charge in [0.05, 0.1) is 18.0 Å². The lowest BCUT2D eigenvalue weighted by Crippen LogP contribution is -2.20. The van der Waals surface area contributed by atoms with Crippen molar-refractivity contribution < 1.29 is 15.0 Å². The molecule has 2 N–H and O–H groups in total. The number of ketones is 1. The van der Waals surface area contributed by atoms with Crippen molar-refractivity contribution in [3.05, 3.63) is 35.9 Å². The summed E-state index contributed by atoms with van der Waals surface area (Å²) >= 11 is 1.35. The Bertz CT molecular complexity index is 326. The minimum atomic E-state index is -0.754. The third-order valence-electron chi connectivity index (χ3n) is 2.18. The lowest BCUT2D eigenvalue weighted by molar-refractivity contribution is 0.0992. The average molecular weight is 240 g/mol. The highest BCUT2D eigenvalue weighted by Gasteiger charge is 2.16. The Hall–Kier alpha value is -0.840. The molecule has 0 saturated heterocycles. The van der Waals surface area contributed by atoms with E-state index in [4.69, 9.17) is 5.11 Å². The number of carbonyl (C=O) groups is 1. The zero-order chi connectivity index (χ0) is 12.0. The number of aliphatic hydroxyl groups is 2. The molecule has 0 fully saturated rings. The van der Waals surface area contributed by atoms with E-state index in [1.165, 1.54) is 11.8 Å². The molecule has 0 saturated carbocycles. The van der Waals surface area contributed by atoms with E-state index in [1.54, 1.807) is 12.1 Å². The van der Waals surface area contributed by atoms with Gasteiger partial charge in [0.25, 0.3) is 0 Å². The van der Waals surface area contributed by atoms with Gasteiger partial charge in [0, 0.05) is 11.3 Å². The predicted octanol–water partition coefficient (Wildman–Crippen LogP) is 1.34. The first kappa shape index (κ1) is 13.2. The summed E-state index contributed by atoms with van der Waals surface area (Å²) in [5, 5.41) is 17.6. The third kappa shape index (κ3) is 3.96. The number of thioether (sulfide) groups is 1. The summed E-state index contributed by atoms with van der Waals surface area (Å²) in [6.45, 7) is 1.54. The van der Waals surface area contributed by atoms with Crippen LogP contribution < -0.4 is 0 Å². The number of rotatable bonds is 6. The summed E-state index contributed by atoms with van der Waals surface area (Å²) in [6.07, 6.45) is -0.754. The Kier molecular flexibility index (Phi) is 5.52. The van der Waals surface area contributed by atoms with E-state index in [0.717, 1.165) is 0 Å². The zero-order valence-corrected chi connectivity index (χ0v) is 9.98. The molecule has 16 heavy (non-hydrogen) atoms. The van der Waals surface area contributed by atoms with Crippen LogP contribution in [-0.2, 0) is 0 Å². The van der Waals surface area contributed by atoms with Crippen molar-refractivity contribution in [2.45, 2.75) is 18.3 Å². The van der Waals surface area contributed by atoms with Gasteiger partial charge in [0.2, 0.25) is 0 Å². The number of hydrogen-bond donors (Lipinski definition) is 2. The van der Waals surface area contributed by atoms with Crippen molar-refractivity contribution >= 4 is 17.5 Å². The van der Waals surface area contributed by atoms with Crippen LogP contribution in [0, 0.1) is 0 Å². The maximum absolute atomic E-state index is 11.9. The highest BCUT2D eigenvalue weighted by atomic mass is 32.2. The second kappa shape index (κ2) is 6.68. The highest BCUT2D eigenvalue weighted by Crippen LogP contribution is 2.17. The molecule has 2 atom stereocenters. The molecule has 3 nitrogen and oxygen atoms in total. The van der Waals surface area contributed by atoms with Crippen LogP contribution in [0.15, 0.2) is 30.3 Å². The fourth-order valence-corrected chi connectivity index (χ4v) is 2.12. The molecule has 0 aliphatic rings. The van der Waals surface area contributed by atoms with Crippen molar-refractivity contribution in [3.8, 4) is 0 Å². The molecule has 0 spiro atoms. The lowest BCUT2D eigenvalue weighted by atomic mass is 10.1. The second-order valence-corrected chi connectivity index (χ2v) is 4.92. The zero-order valence-electron chi connectivity index (χ0n) is 9.17. The molecule has 0 radical (unpaired) electrons.